The van der Waals surface area contributed by atoms with Crippen molar-refractivity contribution in [1.29, 1.82) is 0 Å². The van der Waals surface area contributed by atoms with E-state index >= 15 is 0 Å². The van der Waals surface area contributed by atoms with Crippen molar-refractivity contribution in [3.05, 3.63) is 35.9 Å². The predicted octanol–water partition coefficient (Wildman–Crippen LogP) is 4.64. The molecule has 1 aliphatic carbocycles. The number of benzene rings is 1. The Balaban J connectivity index is 1.56. The third-order valence-electron chi connectivity index (χ3n) is 5.77. The van der Waals surface area contributed by atoms with Crippen LogP contribution in [-0.4, -0.2) is 29.8 Å². The predicted molar refractivity (Wildman–Crippen MR) is 104 cm³/mol. The van der Waals surface area contributed by atoms with Crippen molar-refractivity contribution in [2.45, 2.75) is 70.4 Å². The van der Waals surface area contributed by atoms with E-state index in [9.17, 15) is 4.79 Å². The van der Waals surface area contributed by atoms with Crippen LogP contribution >= 0.6 is 0 Å². The first-order valence-electron chi connectivity index (χ1n) is 10.1. The van der Waals surface area contributed by atoms with E-state index in [1.54, 1.807) is 0 Å². The van der Waals surface area contributed by atoms with Gasteiger partial charge in [0.2, 0.25) is 0 Å². The minimum atomic E-state index is -0.734. The Morgan fingerprint density at radius 2 is 1.92 bits per heavy atom. The van der Waals surface area contributed by atoms with Crippen LogP contribution in [-0.2, 0) is 4.79 Å². The average Bonchev–Trinajstić information content (AvgIpc) is 2.68. The SMILES string of the molecule is CC[C@H]1CC[C@@H](Oc2ccc(C3=CC(CCC(=O)O)NCC3)cc2)CC1. The van der Waals surface area contributed by atoms with Gasteiger partial charge in [0.05, 0.1) is 6.10 Å². The van der Waals surface area contributed by atoms with Crippen molar-refractivity contribution in [1.82, 2.24) is 5.32 Å². The van der Waals surface area contributed by atoms with Crippen LogP contribution in [0.15, 0.2) is 30.3 Å². The summed E-state index contributed by atoms with van der Waals surface area (Å²) in [6, 6.07) is 8.59. The topological polar surface area (TPSA) is 58.6 Å². The van der Waals surface area contributed by atoms with Gasteiger partial charge < -0.3 is 15.2 Å². The highest BCUT2D eigenvalue weighted by Crippen LogP contribution is 2.30. The highest BCUT2D eigenvalue weighted by Gasteiger charge is 2.21. The van der Waals surface area contributed by atoms with Crippen LogP contribution in [0.5, 0.6) is 5.75 Å². The number of ether oxygens (including phenoxy) is 1. The lowest BCUT2D eigenvalue weighted by Crippen LogP contribution is -2.32. The fourth-order valence-corrected chi connectivity index (χ4v) is 4.08. The Hall–Kier alpha value is -1.81. The van der Waals surface area contributed by atoms with Gasteiger partial charge in [0.1, 0.15) is 5.75 Å². The van der Waals surface area contributed by atoms with Gasteiger partial charge in [-0.3, -0.25) is 4.79 Å². The lowest BCUT2D eigenvalue weighted by molar-refractivity contribution is -0.137. The molecular weight excluding hydrogens is 326 g/mol. The Morgan fingerprint density at radius 3 is 2.58 bits per heavy atom. The second kappa shape index (κ2) is 9.22. The Bertz CT molecular complexity index is 615. The number of carbonyl (C=O) groups is 1. The van der Waals surface area contributed by atoms with Crippen molar-refractivity contribution in [3.8, 4) is 5.75 Å². The molecular formula is C22H31NO3. The lowest BCUT2D eigenvalue weighted by atomic mass is 9.86. The highest BCUT2D eigenvalue weighted by atomic mass is 16.5. The molecule has 0 bridgehead atoms. The largest absolute Gasteiger partial charge is 0.490 e. The van der Waals surface area contributed by atoms with E-state index in [0.717, 1.165) is 24.6 Å². The summed E-state index contributed by atoms with van der Waals surface area (Å²) in [7, 11) is 0. The summed E-state index contributed by atoms with van der Waals surface area (Å²) in [5, 5.41) is 12.2. The molecule has 4 heteroatoms. The zero-order valence-electron chi connectivity index (χ0n) is 15.7. The summed E-state index contributed by atoms with van der Waals surface area (Å²) in [6.45, 7) is 3.18. The first kappa shape index (κ1) is 19.0. The third-order valence-corrected chi connectivity index (χ3v) is 5.77. The first-order valence-corrected chi connectivity index (χ1v) is 10.1. The van der Waals surface area contributed by atoms with E-state index < -0.39 is 5.97 Å². The second-order valence-corrected chi connectivity index (χ2v) is 7.63. The number of hydrogen-bond acceptors (Lipinski definition) is 3. The molecule has 26 heavy (non-hydrogen) atoms. The van der Waals surface area contributed by atoms with Crippen molar-refractivity contribution < 1.29 is 14.6 Å². The number of hydrogen-bond donors (Lipinski definition) is 2. The maximum Gasteiger partial charge on any atom is 0.303 e. The van der Waals surface area contributed by atoms with Crippen LogP contribution < -0.4 is 10.1 Å². The van der Waals surface area contributed by atoms with Crippen molar-refractivity contribution in [2.24, 2.45) is 5.92 Å². The minimum absolute atomic E-state index is 0.152. The molecule has 1 aromatic rings. The molecule has 0 spiro atoms. The van der Waals surface area contributed by atoms with E-state index in [1.165, 1.54) is 43.2 Å². The Kier molecular flexibility index (Phi) is 6.73. The second-order valence-electron chi connectivity index (χ2n) is 7.63. The van der Waals surface area contributed by atoms with Gasteiger partial charge in [0, 0.05) is 12.5 Å². The van der Waals surface area contributed by atoms with E-state index in [4.69, 9.17) is 9.84 Å². The van der Waals surface area contributed by atoms with E-state index in [-0.39, 0.29) is 12.5 Å². The maximum absolute atomic E-state index is 10.8. The zero-order valence-corrected chi connectivity index (χ0v) is 15.7. The van der Waals surface area contributed by atoms with Gasteiger partial charge >= 0.3 is 5.97 Å². The van der Waals surface area contributed by atoms with Gasteiger partial charge in [-0.1, -0.05) is 31.6 Å². The molecule has 1 heterocycles. The molecule has 142 valence electrons. The summed E-state index contributed by atoms with van der Waals surface area (Å²) < 4.78 is 6.18. The van der Waals surface area contributed by atoms with Crippen LogP contribution in [0, 0.1) is 5.92 Å². The van der Waals surface area contributed by atoms with Crippen molar-refractivity contribution in [3.63, 3.8) is 0 Å². The smallest absolute Gasteiger partial charge is 0.303 e. The monoisotopic (exact) mass is 357 g/mol. The molecule has 4 nitrogen and oxygen atoms in total. The van der Waals surface area contributed by atoms with Crippen molar-refractivity contribution in [2.75, 3.05) is 6.54 Å². The number of carboxylic acids is 1. The average molecular weight is 357 g/mol. The van der Waals surface area contributed by atoms with Crippen LogP contribution in [0.25, 0.3) is 5.57 Å². The number of rotatable bonds is 7. The molecule has 1 unspecified atom stereocenters. The summed E-state index contributed by atoms with van der Waals surface area (Å²) >= 11 is 0. The molecule has 1 aliphatic heterocycles. The van der Waals surface area contributed by atoms with Gasteiger partial charge in [-0.15, -0.1) is 0 Å². The van der Waals surface area contributed by atoms with Gasteiger partial charge in [0.25, 0.3) is 0 Å². The fourth-order valence-electron chi connectivity index (χ4n) is 4.08. The van der Waals surface area contributed by atoms with Gasteiger partial charge in [0.15, 0.2) is 0 Å². The quantitative estimate of drug-likeness (QED) is 0.746. The van der Waals surface area contributed by atoms with Crippen molar-refractivity contribution >= 4 is 11.5 Å². The van der Waals surface area contributed by atoms with Gasteiger partial charge in [-0.05, 0) is 74.3 Å². The number of carboxylic acid groups (broad SMARTS) is 1. The zero-order chi connectivity index (χ0) is 18.4. The highest BCUT2D eigenvalue weighted by molar-refractivity contribution is 5.69. The molecule has 1 atom stereocenters. The van der Waals surface area contributed by atoms with E-state index in [0.29, 0.717) is 12.5 Å². The molecule has 0 aromatic heterocycles. The number of aliphatic carboxylic acids is 1. The van der Waals surface area contributed by atoms with E-state index in [1.807, 2.05) is 0 Å². The molecule has 0 amide bonds. The Morgan fingerprint density at radius 1 is 1.19 bits per heavy atom. The number of nitrogens with one attached hydrogen (secondary N) is 1. The Labute approximate surface area is 156 Å². The van der Waals surface area contributed by atoms with Crippen LogP contribution in [0.2, 0.25) is 0 Å². The van der Waals surface area contributed by atoms with Crippen LogP contribution in [0.1, 0.15) is 63.9 Å². The summed E-state index contributed by atoms with van der Waals surface area (Å²) in [5.41, 5.74) is 2.52. The molecule has 1 aromatic carbocycles. The summed E-state index contributed by atoms with van der Waals surface area (Å²) in [6.07, 6.45) is 10.6. The molecule has 1 fully saturated rings. The molecule has 0 saturated heterocycles. The van der Waals surface area contributed by atoms with Gasteiger partial charge in [-0.2, -0.15) is 0 Å². The molecule has 2 N–H and O–H groups in total. The molecule has 3 rings (SSSR count). The summed E-state index contributed by atoms with van der Waals surface area (Å²) in [5.74, 6) is 1.12. The minimum Gasteiger partial charge on any atom is -0.490 e. The normalized spacial score (nSPS) is 26.2. The molecule has 0 radical (unpaired) electrons. The molecule has 2 aliphatic rings. The first-order chi connectivity index (χ1) is 12.6. The van der Waals surface area contributed by atoms with Gasteiger partial charge in [-0.25, -0.2) is 0 Å². The third kappa shape index (κ3) is 5.34. The lowest BCUT2D eigenvalue weighted by Gasteiger charge is -2.28. The standard InChI is InChI=1S/C22H31NO3/c1-2-16-3-8-20(9-4-16)26-21-10-5-17(6-11-21)18-13-14-23-19(15-18)7-12-22(24)25/h5-6,10-11,15-16,19-20,23H,2-4,7-9,12-14H2,1H3,(H,24,25)/t16-,19?,20+. The molecule has 1 saturated carbocycles. The summed E-state index contributed by atoms with van der Waals surface area (Å²) in [4.78, 5) is 10.8. The van der Waals surface area contributed by atoms with Crippen LogP contribution in [0.3, 0.4) is 0 Å². The fraction of sp³-hybridized carbons (Fsp3) is 0.591. The maximum atomic E-state index is 10.8. The van der Waals surface area contributed by atoms with E-state index in [2.05, 4.69) is 42.6 Å². The van der Waals surface area contributed by atoms with Crippen LogP contribution in [0.4, 0.5) is 0 Å².